The quantitative estimate of drug-likeness (QED) is 0.252. The zero-order valence-corrected chi connectivity index (χ0v) is 18.7. The van der Waals surface area contributed by atoms with Crippen LogP contribution in [-0.4, -0.2) is 5.78 Å². The van der Waals surface area contributed by atoms with E-state index in [1.165, 1.54) is 62.5 Å². The van der Waals surface area contributed by atoms with Gasteiger partial charge in [-0.1, -0.05) is 78.4 Å². The number of carbonyl (C=O) groups excluding carboxylic acids is 1. The highest BCUT2D eigenvalue weighted by atomic mass is 16.1. The summed E-state index contributed by atoms with van der Waals surface area (Å²) in [4.78, 5) is 12.6. The Morgan fingerprint density at radius 2 is 1.00 bits per heavy atom. The molecule has 0 aliphatic heterocycles. The fourth-order valence-electron chi connectivity index (χ4n) is 3.27. The summed E-state index contributed by atoms with van der Waals surface area (Å²) in [5.74, 6) is 1.73. The molecule has 1 heteroatoms. The molecule has 1 nitrogen and oxygen atoms in total. The molecule has 0 aromatic rings. The summed E-state index contributed by atoms with van der Waals surface area (Å²) in [5, 5.41) is 0. The molecule has 0 spiro atoms. The van der Waals surface area contributed by atoms with Crippen molar-refractivity contribution in [3.05, 3.63) is 23.3 Å². The third-order valence-electron chi connectivity index (χ3n) is 4.95. The second-order valence-corrected chi connectivity index (χ2v) is 8.79. The Bertz CT molecular complexity index is 374. The Morgan fingerprint density at radius 1 is 0.654 bits per heavy atom. The van der Waals surface area contributed by atoms with Gasteiger partial charge in [0.1, 0.15) is 0 Å². The Hall–Kier alpha value is -0.850. The second kappa shape index (κ2) is 16.3. The van der Waals surface area contributed by atoms with Crippen LogP contribution >= 0.6 is 0 Å². The van der Waals surface area contributed by atoms with Crippen molar-refractivity contribution in [2.75, 3.05) is 0 Å². The number of hydrogen-bond donors (Lipinski definition) is 0. The first-order valence-corrected chi connectivity index (χ1v) is 11.3. The minimum absolute atomic E-state index is 0.233. The molecule has 0 N–H and O–H groups in total. The highest BCUT2D eigenvalue weighted by Gasteiger charge is 2.05. The van der Waals surface area contributed by atoms with E-state index in [9.17, 15) is 4.79 Å². The number of rotatable bonds is 16. The highest BCUT2D eigenvalue weighted by Crippen LogP contribution is 2.20. The van der Waals surface area contributed by atoms with E-state index in [-0.39, 0.29) is 5.78 Å². The van der Waals surface area contributed by atoms with Gasteiger partial charge in [-0.3, -0.25) is 4.79 Å². The molecule has 0 rings (SSSR count). The van der Waals surface area contributed by atoms with Gasteiger partial charge < -0.3 is 0 Å². The summed E-state index contributed by atoms with van der Waals surface area (Å²) in [6.07, 6.45) is 18.0. The lowest BCUT2D eigenvalue weighted by atomic mass is 9.96. The van der Waals surface area contributed by atoms with Gasteiger partial charge in [0.15, 0.2) is 5.78 Å². The molecule has 0 aromatic carbocycles. The highest BCUT2D eigenvalue weighted by molar-refractivity contribution is 6.00. The molecule has 0 saturated carbocycles. The summed E-state index contributed by atoms with van der Waals surface area (Å²) >= 11 is 0. The first-order chi connectivity index (χ1) is 12.4. The molecular weight excluding hydrogens is 316 g/mol. The van der Waals surface area contributed by atoms with Crippen LogP contribution in [0.4, 0.5) is 0 Å². The van der Waals surface area contributed by atoms with Crippen LogP contribution in [0.2, 0.25) is 0 Å². The zero-order valence-electron chi connectivity index (χ0n) is 18.7. The molecule has 0 bridgehead atoms. The number of unbranched alkanes of at least 4 members (excludes halogenated alkanes) is 2. The fraction of sp³-hybridized carbons (Fsp3) is 0.800. The number of allylic oxidation sites excluding steroid dienone is 4. The molecule has 0 amide bonds. The Kier molecular flexibility index (Phi) is 15.8. The average molecular weight is 363 g/mol. The maximum atomic E-state index is 12.6. The summed E-state index contributed by atoms with van der Waals surface area (Å²) in [7, 11) is 0. The van der Waals surface area contributed by atoms with Crippen molar-refractivity contribution in [2.24, 2.45) is 11.8 Å². The van der Waals surface area contributed by atoms with E-state index in [1.807, 2.05) is 12.2 Å². The first-order valence-electron chi connectivity index (χ1n) is 11.3. The molecule has 0 unspecified atom stereocenters. The zero-order chi connectivity index (χ0) is 19.8. The van der Waals surface area contributed by atoms with Crippen molar-refractivity contribution < 1.29 is 4.79 Å². The van der Waals surface area contributed by atoms with Gasteiger partial charge in [-0.15, -0.1) is 0 Å². The van der Waals surface area contributed by atoms with Crippen LogP contribution in [0.1, 0.15) is 119 Å². The lowest BCUT2D eigenvalue weighted by molar-refractivity contribution is -0.110. The molecule has 0 saturated heterocycles. The van der Waals surface area contributed by atoms with Crippen LogP contribution in [0, 0.1) is 11.8 Å². The van der Waals surface area contributed by atoms with Crippen LogP contribution in [0.25, 0.3) is 0 Å². The van der Waals surface area contributed by atoms with Crippen LogP contribution in [0.3, 0.4) is 0 Å². The Labute approximate surface area is 164 Å². The van der Waals surface area contributed by atoms with E-state index >= 15 is 0 Å². The number of carbonyl (C=O) groups is 1. The van der Waals surface area contributed by atoms with Crippen molar-refractivity contribution in [2.45, 2.75) is 119 Å². The van der Waals surface area contributed by atoms with E-state index in [0.29, 0.717) is 0 Å². The molecule has 0 radical (unpaired) electrons. The molecule has 0 aliphatic rings. The van der Waals surface area contributed by atoms with Crippen molar-refractivity contribution >= 4 is 5.78 Å². The van der Waals surface area contributed by atoms with Crippen molar-refractivity contribution in [3.8, 4) is 0 Å². The normalized spacial score (nSPS) is 13.1. The van der Waals surface area contributed by atoms with E-state index in [1.54, 1.807) is 0 Å². The monoisotopic (exact) mass is 362 g/mol. The Morgan fingerprint density at radius 3 is 1.31 bits per heavy atom. The van der Waals surface area contributed by atoms with Crippen LogP contribution in [0.5, 0.6) is 0 Å². The summed E-state index contributed by atoms with van der Waals surface area (Å²) in [6.45, 7) is 13.6. The van der Waals surface area contributed by atoms with E-state index < -0.39 is 0 Å². The third kappa shape index (κ3) is 15.4. The van der Waals surface area contributed by atoms with Crippen LogP contribution < -0.4 is 0 Å². The maximum absolute atomic E-state index is 12.6. The van der Waals surface area contributed by atoms with Gasteiger partial charge in [0.05, 0.1) is 0 Å². The molecule has 0 aromatic heterocycles. The Balaban J connectivity index is 4.88. The van der Waals surface area contributed by atoms with Crippen LogP contribution in [-0.2, 0) is 4.79 Å². The van der Waals surface area contributed by atoms with Crippen LogP contribution in [0.15, 0.2) is 23.3 Å². The average Bonchev–Trinajstić information content (AvgIpc) is 2.56. The van der Waals surface area contributed by atoms with Crippen molar-refractivity contribution in [3.63, 3.8) is 0 Å². The van der Waals surface area contributed by atoms with E-state index in [2.05, 4.69) is 41.5 Å². The molecule has 26 heavy (non-hydrogen) atoms. The smallest absolute Gasteiger partial charge is 0.178 e. The largest absolute Gasteiger partial charge is 0.290 e. The van der Waals surface area contributed by atoms with Gasteiger partial charge in [-0.25, -0.2) is 0 Å². The molecule has 0 fully saturated rings. The predicted octanol–water partition coefficient (Wildman–Crippen LogP) is 8.44. The van der Waals surface area contributed by atoms with E-state index in [4.69, 9.17) is 0 Å². The van der Waals surface area contributed by atoms with Gasteiger partial charge in [-0.05, 0) is 75.4 Å². The maximum Gasteiger partial charge on any atom is 0.178 e. The lowest BCUT2D eigenvalue weighted by Gasteiger charge is -2.10. The molecule has 0 aliphatic carbocycles. The lowest BCUT2D eigenvalue weighted by Crippen LogP contribution is -1.97. The van der Waals surface area contributed by atoms with Gasteiger partial charge in [0, 0.05) is 0 Å². The number of hydrogen-bond acceptors (Lipinski definition) is 1. The molecule has 152 valence electrons. The topological polar surface area (TPSA) is 17.1 Å². The third-order valence-corrected chi connectivity index (χ3v) is 4.95. The van der Waals surface area contributed by atoms with E-state index in [0.717, 1.165) is 37.5 Å². The standard InChI is InChI=1S/C25H46O/c1-7-9-15-23(17-11-13-21(3)4)19-25(26)20-24(16-10-8-2)18-12-14-22(5)6/h19-22H,7-18H2,1-6H3. The molecule has 0 atom stereocenters. The van der Waals surface area contributed by atoms with Crippen molar-refractivity contribution in [1.82, 2.24) is 0 Å². The molecule has 0 heterocycles. The second-order valence-electron chi connectivity index (χ2n) is 8.79. The fourth-order valence-corrected chi connectivity index (χ4v) is 3.27. The molecular formula is C25H46O. The SMILES string of the molecule is CCCCC(=CC(=O)C=C(CCCC)CCCC(C)C)CCCC(C)C. The van der Waals surface area contributed by atoms with Gasteiger partial charge in [0.25, 0.3) is 0 Å². The van der Waals surface area contributed by atoms with Crippen molar-refractivity contribution in [1.29, 1.82) is 0 Å². The first kappa shape index (κ1) is 25.1. The van der Waals surface area contributed by atoms with Gasteiger partial charge >= 0.3 is 0 Å². The summed E-state index contributed by atoms with van der Waals surface area (Å²) < 4.78 is 0. The minimum atomic E-state index is 0.233. The predicted molar refractivity (Wildman–Crippen MR) is 118 cm³/mol. The summed E-state index contributed by atoms with van der Waals surface area (Å²) in [5.41, 5.74) is 2.73. The number of ketones is 1. The minimum Gasteiger partial charge on any atom is -0.290 e. The summed E-state index contributed by atoms with van der Waals surface area (Å²) in [6, 6.07) is 0. The van der Waals surface area contributed by atoms with Gasteiger partial charge in [-0.2, -0.15) is 0 Å². The van der Waals surface area contributed by atoms with Gasteiger partial charge in [0.2, 0.25) is 0 Å².